The fourth-order valence-electron chi connectivity index (χ4n) is 2.56. The number of amides is 2. The van der Waals surface area contributed by atoms with Crippen molar-refractivity contribution in [1.82, 2.24) is 20.8 Å². The van der Waals surface area contributed by atoms with E-state index in [1.807, 2.05) is 37.3 Å². The zero-order valence-corrected chi connectivity index (χ0v) is 15.1. The largest absolute Gasteiger partial charge is 0.456 e. The summed E-state index contributed by atoms with van der Waals surface area (Å²) in [5.74, 6) is 0.611. The van der Waals surface area contributed by atoms with Gasteiger partial charge in [0.2, 0.25) is 0 Å². The molecule has 0 aliphatic heterocycles. The van der Waals surface area contributed by atoms with Crippen LogP contribution in [0.4, 0.5) is 0 Å². The molecule has 0 aliphatic carbocycles. The number of rotatable bonds is 8. The number of nitrogens with zero attached hydrogens (tertiary/aromatic N) is 1. The molecule has 2 amide bonds. The second-order valence-electron chi connectivity index (χ2n) is 6.02. The number of furan rings is 1. The Morgan fingerprint density at radius 2 is 1.78 bits per heavy atom. The van der Waals surface area contributed by atoms with Gasteiger partial charge in [-0.05, 0) is 24.6 Å². The van der Waals surface area contributed by atoms with Crippen molar-refractivity contribution in [2.24, 2.45) is 0 Å². The van der Waals surface area contributed by atoms with E-state index in [0.29, 0.717) is 31.0 Å². The van der Waals surface area contributed by atoms with Gasteiger partial charge in [0.15, 0.2) is 5.76 Å². The molecule has 0 bridgehead atoms. The first-order chi connectivity index (χ1) is 13.2. The second-order valence-corrected chi connectivity index (χ2v) is 6.02. The number of H-pyrrole nitrogens is 1. The molecule has 3 aromatic rings. The van der Waals surface area contributed by atoms with Gasteiger partial charge >= 0.3 is 0 Å². The molecule has 27 heavy (non-hydrogen) atoms. The van der Waals surface area contributed by atoms with Crippen molar-refractivity contribution in [2.75, 3.05) is 13.1 Å². The molecular weight excluding hydrogens is 344 g/mol. The highest BCUT2D eigenvalue weighted by atomic mass is 16.3. The van der Waals surface area contributed by atoms with Crippen molar-refractivity contribution in [3.8, 4) is 11.3 Å². The minimum Gasteiger partial charge on any atom is -0.456 e. The lowest BCUT2D eigenvalue weighted by molar-refractivity contribution is 0.0924. The number of hydrogen-bond donors (Lipinski definition) is 3. The Bertz CT molecular complexity index is 899. The van der Waals surface area contributed by atoms with Crippen molar-refractivity contribution < 1.29 is 14.0 Å². The van der Waals surface area contributed by atoms with Crippen LogP contribution in [0, 0.1) is 0 Å². The Morgan fingerprint density at radius 3 is 2.48 bits per heavy atom. The topological polar surface area (TPSA) is 100 Å². The molecule has 140 valence electrons. The quantitative estimate of drug-likeness (QED) is 0.534. The van der Waals surface area contributed by atoms with Crippen LogP contribution < -0.4 is 10.6 Å². The Balaban J connectivity index is 1.40. The summed E-state index contributed by atoms with van der Waals surface area (Å²) in [6.45, 7) is 2.85. The molecule has 0 atom stereocenters. The smallest absolute Gasteiger partial charge is 0.286 e. The summed E-state index contributed by atoms with van der Waals surface area (Å²) in [5.41, 5.74) is 2.07. The van der Waals surface area contributed by atoms with Crippen LogP contribution >= 0.6 is 0 Å². The highest BCUT2D eigenvalue weighted by molar-refractivity contribution is 5.93. The Morgan fingerprint density at radius 1 is 1.04 bits per heavy atom. The Kier molecular flexibility index (Phi) is 6.04. The van der Waals surface area contributed by atoms with Gasteiger partial charge in [-0.3, -0.25) is 14.7 Å². The van der Waals surface area contributed by atoms with Gasteiger partial charge < -0.3 is 15.1 Å². The van der Waals surface area contributed by atoms with E-state index in [4.69, 9.17) is 4.42 Å². The molecule has 7 heteroatoms. The van der Waals surface area contributed by atoms with Crippen LogP contribution in [-0.4, -0.2) is 35.1 Å². The molecule has 3 rings (SSSR count). The number of aromatic amines is 1. The summed E-state index contributed by atoms with van der Waals surface area (Å²) in [4.78, 5) is 24.1. The zero-order valence-electron chi connectivity index (χ0n) is 15.1. The van der Waals surface area contributed by atoms with Crippen molar-refractivity contribution in [2.45, 2.75) is 19.8 Å². The van der Waals surface area contributed by atoms with Gasteiger partial charge in [-0.25, -0.2) is 0 Å². The molecule has 0 radical (unpaired) electrons. The lowest BCUT2D eigenvalue weighted by atomic mass is 10.1. The molecule has 0 fully saturated rings. The molecule has 0 saturated heterocycles. The molecule has 3 N–H and O–H groups in total. The van der Waals surface area contributed by atoms with Crippen LogP contribution in [-0.2, 0) is 6.42 Å². The monoisotopic (exact) mass is 366 g/mol. The van der Waals surface area contributed by atoms with Gasteiger partial charge in [-0.1, -0.05) is 37.3 Å². The molecule has 0 unspecified atom stereocenters. The van der Waals surface area contributed by atoms with Crippen molar-refractivity contribution in [3.63, 3.8) is 0 Å². The second kappa shape index (κ2) is 8.84. The van der Waals surface area contributed by atoms with Crippen molar-refractivity contribution in [3.05, 3.63) is 65.7 Å². The number of carbonyl (C=O) groups excluding carboxylic acids is 2. The third-order valence-electron chi connectivity index (χ3n) is 4.05. The van der Waals surface area contributed by atoms with Crippen molar-refractivity contribution >= 4 is 11.8 Å². The van der Waals surface area contributed by atoms with Crippen LogP contribution in [0.3, 0.4) is 0 Å². The van der Waals surface area contributed by atoms with E-state index in [9.17, 15) is 9.59 Å². The first kappa shape index (κ1) is 18.4. The van der Waals surface area contributed by atoms with Crippen LogP contribution in [0.1, 0.15) is 40.1 Å². The molecule has 2 heterocycles. The van der Waals surface area contributed by atoms with Gasteiger partial charge in [0.25, 0.3) is 11.8 Å². The first-order valence-corrected chi connectivity index (χ1v) is 8.93. The SMILES string of the molecule is CCc1ccc(C(=O)NCCCNC(=O)c2cc(-c3ccccc3)n[nH]2)o1. The number of aryl methyl sites for hydroxylation is 1. The predicted octanol–water partition coefficient (Wildman–Crippen LogP) is 2.78. The zero-order chi connectivity index (χ0) is 19.1. The van der Waals surface area contributed by atoms with E-state index in [2.05, 4.69) is 20.8 Å². The van der Waals surface area contributed by atoms with E-state index >= 15 is 0 Å². The van der Waals surface area contributed by atoms with E-state index in [1.165, 1.54) is 0 Å². The van der Waals surface area contributed by atoms with Gasteiger partial charge in [-0.2, -0.15) is 5.10 Å². The summed E-state index contributed by atoms with van der Waals surface area (Å²) in [7, 11) is 0. The van der Waals surface area contributed by atoms with Gasteiger partial charge in [-0.15, -0.1) is 0 Å². The highest BCUT2D eigenvalue weighted by Crippen LogP contribution is 2.16. The minimum absolute atomic E-state index is 0.227. The summed E-state index contributed by atoms with van der Waals surface area (Å²) in [5, 5.41) is 12.5. The minimum atomic E-state index is -0.248. The maximum Gasteiger partial charge on any atom is 0.286 e. The maximum atomic E-state index is 12.2. The third kappa shape index (κ3) is 4.84. The fourth-order valence-corrected chi connectivity index (χ4v) is 2.56. The molecule has 0 aliphatic rings. The molecular formula is C20H22N4O3. The molecule has 7 nitrogen and oxygen atoms in total. The summed E-state index contributed by atoms with van der Waals surface area (Å²) >= 11 is 0. The lowest BCUT2D eigenvalue weighted by Gasteiger charge is -2.05. The molecule has 2 aromatic heterocycles. The van der Waals surface area contributed by atoms with Gasteiger partial charge in [0.1, 0.15) is 11.5 Å². The van der Waals surface area contributed by atoms with Crippen molar-refractivity contribution in [1.29, 1.82) is 0 Å². The average Bonchev–Trinajstić information content (AvgIpc) is 3.38. The lowest BCUT2D eigenvalue weighted by Crippen LogP contribution is -2.29. The summed E-state index contributed by atoms with van der Waals surface area (Å²) in [6.07, 6.45) is 1.36. The van der Waals surface area contributed by atoms with Crippen LogP contribution in [0.15, 0.2) is 52.9 Å². The number of hydrogen-bond acceptors (Lipinski definition) is 4. The number of aromatic nitrogens is 2. The number of nitrogens with one attached hydrogen (secondary N) is 3. The van der Waals surface area contributed by atoms with Gasteiger partial charge in [0.05, 0.1) is 5.69 Å². The first-order valence-electron chi connectivity index (χ1n) is 8.93. The Labute approximate surface area is 157 Å². The van der Waals surface area contributed by atoms with Crippen LogP contribution in [0.25, 0.3) is 11.3 Å². The maximum absolute atomic E-state index is 12.2. The van der Waals surface area contributed by atoms with E-state index in [0.717, 1.165) is 23.4 Å². The molecule has 0 spiro atoms. The van der Waals surface area contributed by atoms with E-state index in [-0.39, 0.29) is 11.8 Å². The molecule has 1 aromatic carbocycles. The van der Waals surface area contributed by atoms with E-state index in [1.54, 1.807) is 18.2 Å². The summed E-state index contributed by atoms with van der Waals surface area (Å²) in [6, 6.07) is 14.8. The predicted molar refractivity (Wildman–Crippen MR) is 101 cm³/mol. The fraction of sp³-hybridized carbons (Fsp3) is 0.250. The molecule has 0 saturated carbocycles. The summed E-state index contributed by atoms with van der Waals surface area (Å²) < 4.78 is 5.39. The normalized spacial score (nSPS) is 10.6. The van der Waals surface area contributed by atoms with Crippen LogP contribution in [0.5, 0.6) is 0 Å². The van der Waals surface area contributed by atoms with E-state index < -0.39 is 0 Å². The third-order valence-corrected chi connectivity index (χ3v) is 4.05. The average molecular weight is 366 g/mol. The standard InChI is InChI=1S/C20H22N4O3/c1-2-15-9-10-18(27-15)20(26)22-12-6-11-21-19(25)17-13-16(23-24-17)14-7-4-3-5-8-14/h3-5,7-10,13H,2,6,11-12H2,1H3,(H,21,25)(H,22,26)(H,23,24). The number of benzene rings is 1. The van der Waals surface area contributed by atoms with Crippen LogP contribution in [0.2, 0.25) is 0 Å². The highest BCUT2D eigenvalue weighted by Gasteiger charge is 2.11. The number of carbonyl (C=O) groups is 2. The van der Waals surface area contributed by atoms with Gasteiger partial charge in [0, 0.05) is 25.1 Å². The Hall–Kier alpha value is -3.35.